The van der Waals surface area contributed by atoms with E-state index >= 15 is 0 Å². The van der Waals surface area contributed by atoms with Crippen LogP contribution in [0.5, 0.6) is 0 Å². The zero-order valence-electron chi connectivity index (χ0n) is 10.2. The van der Waals surface area contributed by atoms with E-state index < -0.39 is 0 Å². The van der Waals surface area contributed by atoms with E-state index in [0.717, 1.165) is 32.5 Å². The molecule has 1 saturated heterocycles. The Hall–Kier alpha value is -0.200. The van der Waals surface area contributed by atoms with Gasteiger partial charge < -0.3 is 19.3 Å². The van der Waals surface area contributed by atoms with Crippen molar-refractivity contribution in [2.24, 2.45) is 0 Å². The number of rotatable bonds is 7. The number of methoxy groups -OCH3 is 2. The molecule has 0 aromatic heterocycles. The molecule has 1 heterocycles. The molecule has 0 aromatic carbocycles. The molecule has 0 saturated carbocycles. The lowest BCUT2D eigenvalue weighted by Crippen LogP contribution is -2.42. The molecule has 1 aliphatic heterocycles. The maximum Gasteiger partial charge on any atom is 0.169 e. The van der Waals surface area contributed by atoms with Gasteiger partial charge in [0.1, 0.15) is 0 Å². The van der Waals surface area contributed by atoms with Gasteiger partial charge in [-0.2, -0.15) is 0 Å². The molecular formula is C11H23NO4. The summed E-state index contributed by atoms with van der Waals surface area (Å²) in [7, 11) is 3.32. The molecule has 0 unspecified atom stereocenters. The molecule has 5 heteroatoms. The fourth-order valence-electron chi connectivity index (χ4n) is 1.93. The summed E-state index contributed by atoms with van der Waals surface area (Å²) in [6.07, 6.45) is 2.18. The predicted molar refractivity (Wildman–Crippen MR) is 60.3 cm³/mol. The monoisotopic (exact) mass is 233 g/mol. The van der Waals surface area contributed by atoms with Crippen molar-refractivity contribution >= 4 is 0 Å². The maximum absolute atomic E-state index is 8.66. The average molecular weight is 233 g/mol. The van der Waals surface area contributed by atoms with E-state index in [9.17, 15) is 0 Å². The van der Waals surface area contributed by atoms with Crippen molar-refractivity contribution in [3.63, 3.8) is 0 Å². The smallest absolute Gasteiger partial charge is 0.169 e. The van der Waals surface area contributed by atoms with Crippen molar-refractivity contribution in [2.45, 2.75) is 25.2 Å². The molecule has 0 spiro atoms. The van der Waals surface area contributed by atoms with Crippen LogP contribution in [0.25, 0.3) is 0 Å². The van der Waals surface area contributed by atoms with Gasteiger partial charge in [0, 0.05) is 33.9 Å². The van der Waals surface area contributed by atoms with Crippen LogP contribution < -0.4 is 0 Å². The summed E-state index contributed by atoms with van der Waals surface area (Å²) < 4.78 is 15.8. The predicted octanol–water partition coefficient (Wildman–Crippen LogP) is 0.0786. The third kappa shape index (κ3) is 4.76. The number of hydrogen-bond donors (Lipinski definition) is 1. The molecule has 96 valence electrons. The number of likely N-dealkylation sites (tertiary alicyclic amines) is 1. The first-order chi connectivity index (χ1) is 7.80. The Bertz CT molecular complexity index is 167. The van der Waals surface area contributed by atoms with Crippen molar-refractivity contribution in [2.75, 3.05) is 47.1 Å². The number of aliphatic hydroxyl groups excluding tert-OH is 1. The Morgan fingerprint density at radius 3 is 2.38 bits per heavy atom. The minimum absolute atomic E-state index is 0.107. The highest BCUT2D eigenvalue weighted by Crippen LogP contribution is 2.14. The van der Waals surface area contributed by atoms with Crippen LogP contribution in [0, 0.1) is 0 Å². The summed E-state index contributed by atoms with van der Waals surface area (Å²) in [5.74, 6) is 0. The SMILES string of the molecule is COC(CN1CCC(OCCO)CC1)OC. The molecule has 1 N–H and O–H groups in total. The van der Waals surface area contributed by atoms with Gasteiger partial charge in [-0.05, 0) is 12.8 Å². The summed E-state index contributed by atoms with van der Waals surface area (Å²) in [5, 5.41) is 8.66. The zero-order valence-corrected chi connectivity index (χ0v) is 10.2. The van der Waals surface area contributed by atoms with E-state index in [1.54, 1.807) is 14.2 Å². The number of aliphatic hydroxyl groups is 1. The van der Waals surface area contributed by atoms with Crippen molar-refractivity contribution < 1.29 is 19.3 Å². The van der Waals surface area contributed by atoms with Gasteiger partial charge in [-0.3, -0.25) is 4.90 Å². The van der Waals surface area contributed by atoms with E-state index in [0.29, 0.717) is 12.7 Å². The minimum Gasteiger partial charge on any atom is -0.394 e. The van der Waals surface area contributed by atoms with Gasteiger partial charge in [-0.15, -0.1) is 0 Å². The van der Waals surface area contributed by atoms with Crippen molar-refractivity contribution in [3.05, 3.63) is 0 Å². The Labute approximate surface area is 97.3 Å². The molecule has 1 fully saturated rings. The van der Waals surface area contributed by atoms with E-state index in [-0.39, 0.29) is 12.9 Å². The van der Waals surface area contributed by atoms with Crippen LogP contribution in [0.1, 0.15) is 12.8 Å². The van der Waals surface area contributed by atoms with Gasteiger partial charge in [0.05, 0.1) is 19.3 Å². The number of hydrogen-bond acceptors (Lipinski definition) is 5. The fourth-order valence-corrected chi connectivity index (χ4v) is 1.93. The Kier molecular flexibility index (Phi) is 6.91. The summed E-state index contributed by atoms with van der Waals surface area (Å²) in [4.78, 5) is 2.32. The van der Waals surface area contributed by atoms with E-state index in [4.69, 9.17) is 19.3 Å². The molecule has 0 radical (unpaired) electrons. The highest BCUT2D eigenvalue weighted by Gasteiger charge is 2.21. The Morgan fingerprint density at radius 2 is 1.88 bits per heavy atom. The number of ether oxygens (including phenoxy) is 3. The first kappa shape index (κ1) is 13.9. The second-order valence-corrected chi connectivity index (χ2v) is 4.00. The van der Waals surface area contributed by atoms with Crippen molar-refractivity contribution in [3.8, 4) is 0 Å². The van der Waals surface area contributed by atoms with E-state index in [2.05, 4.69) is 4.90 Å². The Morgan fingerprint density at radius 1 is 1.25 bits per heavy atom. The lowest BCUT2D eigenvalue weighted by atomic mass is 10.1. The van der Waals surface area contributed by atoms with Crippen LogP contribution >= 0.6 is 0 Å². The molecule has 0 atom stereocenters. The molecular weight excluding hydrogens is 210 g/mol. The second kappa shape index (κ2) is 7.97. The molecule has 0 aromatic rings. The van der Waals surface area contributed by atoms with Crippen LogP contribution in [0.15, 0.2) is 0 Å². The fraction of sp³-hybridized carbons (Fsp3) is 1.00. The van der Waals surface area contributed by atoms with Crippen LogP contribution in [-0.4, -0.2) is 69.5 Å². The zero-order chi connectivity index (χ0) is 11.8. The molecule has 1 rings (SSSR count). The summed E-state index contributed by atoms with van der Waals surface area (Å²) in [6.45, 7) is 3.36. The summed E-state index contributed by atoms with van der Waals surface area (Å²) >= 11 is 0. The number of nitrogens with zero attached hydrogens (tertiary/aromatic N) is 1. The third-order valence-corrected chi connectivity index (χ3v) is 2.91. The van der Waals surface area contributed by atoms with Crippen LogP contribution in [0.2, 0.25) is 0 Å². The van der Waals surface area contributed by atoms with E-state index in [1.807, 2.05) is 0 Å². The Balaban J connectivity index is 2.16. The summed E-state index contributed by atoms with van der Waals surface area (Å²) in [6, 6.07) is 0. The van der Waals surface area contributed by atoms with Crippen LogP contribution in [-0.2, 0) is 14.2 Å². The van der Waals surface area contributed by atoms with Gasteiger partial charge in [-0.25, -0.2) is 0 Å². The molecule has 0 amide bonds. The molecule has 1 aliphatic rings. The maximum atomic E-state index is 8.66. The van der Waals surface area contributed by atoms with E-state index in [1.165, 1.54) is 0 Å². The topological polar surface area (TPSA) is 51.2 Å². The van der Waals surface area contributed by atoms with Crippen LogP contribution in [0.4, 0.5) is 0 Å². The highest BCUT2D eigenvalue weighted by atomic mass is 16.7. The van der Waals surface area contributed by atoms with Gasteiger partial charge in [0.25, 0.3) is 0 Å². The minimum atomic E-state index is -0.144. The summed E-state index contributed by atoms with van der Waals surface area (Å²) in [5.41, 5.74) is 0. The number of piperidine rings is 1. The first-order valence-corrected chi connectivity index (χ1v) is 5.80. The normalized spacial score (nSPS) is 19.5. The van der Waals surface area contributed by atoms with Gasteiger partial charge >= 0.3 is 0 Å². The van der Waals surface area contributed by atoms with Crippen LogP contribution in [0.3, 0.4) is 0 Å². The lowest BCUT2D eigenvalue weighted by molar-refractivity contribution is -0.121. The lowest BCUT2D eigenvalue weighted by Gasteiger charge is -2.33. The third-order valence-electron chi connectivity index (χ3n) is 2.91. The average Bonchev–Trinajstić information content (AvgIpc) is 2.35. The molecule has 5 nitrogen and oxygen atoms in total. The quantitative estimate of drug-likeness (QED) is 0.631. The van der Waals surface area contributed by atoms with Gasteiger partial charge in [-0.1, -0.05) is 0 Å². The van der Waals surface area contributed by atoms with Gasteiger partial charge in [0.2, 0.25) is 0 Å². The highest BCUT2D eigenvalue weighted by molar-refractivity contribution is 4.73. The standard InChI is InChI=1S/C11H23NO4/c1-14-11(15-2)9-12-5-3-10(4-6-12)16-8-7-13/h10-11,13H,3-9H2,1-2H3. The first-order valence-electron chi connectivity index (χ1n) is 5.80. The molecule has 16 heavy (non-hydrogen) atoms. The van der Waals surface area contributed by atoms with Crippen molar-refractivity contribution in [1.82, 2.24) is 4.90 Å². The second-order valence-electron chi connectivity index (χ2n) is 4.00. The molecule has 0 aliphatic carbocycles. The molecule has 0 bridgehead atoms. The van der Waals surface area contributed by atoms with Crippen molar-refractivity contribution in [1.29, 1.82) is 0 Å². The van der Waals surface area contributed by atoms with Gasteiger partial charge in [0.15, 0.2) is 6.29 Å². The largest absolute Gasteiger partial charge is 0.394 e.